The molecule has 7 heteroatoms. The van der Waals surface area contributed by atoms with E-state index in [-0.39, 0.29) is 17.0 Å². The van der Waals surface area contributed by atoms with E-state index in [0.29, 0.717) is 17.1 Å². The van der Waals surface area contributed by atoms with E-state index in [1.54, 1.807) is 36.7 Å². The summed E-state index contributed by atoms with van der Waals surface area (Å²) in [4.78, 5) is 29.4. The number of pyridine rings is 1. The lowest BCUT2D eigenvalue weighted by Crippen LogP contribution is -2.44. The van der Waals surface area contributed by atoms with Crippen molar-refractivity contribution in [3.05, 3.63) is 53.3 Å². The number of carboxylic acid groups (broad SMARTS) is 1. The van der Waals surface area contributed by atoms with E-state index in [2.05, 4.69) is 4.98 Å². The summed E-state index contributed by atoms with van der Waals surface area (Å²) in [5, 5.41) is 9.52. The number of rotatable bonds is 6. The van der Waals surface area contributed by atoms with Gasteiger partial charge in [0.1, 0.15) is 17.5 Å². The molecule has 0 aliphatic heterocycles. The van der Waals surface area contributed by atoms with Crippen molar-refractivity contribution in [2.75, 3.05) is 0 Å². The number of aliphatic carboxylic acids is 1. The lowest BCUT2D eigenvalue weighted by atomic mass is 10.1. The van der Waals surface area contributed by atoms with E-state index in [4.69, 9.17) is 16.3 Å². The second-order valence-electron chi connectivity index (χ2n) is 5.89. The number of hydrogen-bond acceptors (Lipinski definition) is 4. The number of carboxylic acids is 1. The molecule has 1 saturated carbocycles. The smallest absolute Gasteiger partial charge is 0.326 e. The number of carbonyl (C=O) groups excluding carboxylic acids is 1. The zero-order valence-electron chi connectivity index (χ0n) is 13.6. The summed E-state index contributed by atoms with van der Waals surface area (Å²) in [5.74, 6) is -0.373. The predicted molar refractivity (Wildman–Crippen MR) is 92.1 cm³/mol. The first-order valence-corrected chi connectivity index (χ1v) is 8.28. The number of benzene rings is 1. The maximum atomic E-state index is 12.7. The Morgan fingerprint density at radius 1 is 1.28 bits per heavy atom. The van der Waals surface area contributed by atoms with Gasteiger partial charge in [0.15, 0.2) is 0 Å². The van der Waals surface area contributed by atoms with Crippen LogP contribution in [0.25, 0.3) is 0 Å². The molecule has 0 bridgehead atoms. The molecule has 1 N–H and O–H groups in total. The van der Waals surface area contributed by atoms with Crippen LogP contribution >= 0.6 is 11.6 Å². The van der Waals surface area contributed by atoms with E-state index in [9.17, 15) is 14.7 Å². The maximum Gasteiger partial charge on any atom is 0.326 e. The highest BCUT2D eigenvalue weighted by Crippen LogP contribution is 2.33. The highest BCUT2D eigenvalue weighted by molar-refractivity contribution is 6.32. The van der Waals surface area contributed by atoms with Gasteiger partial charge in [0.05, 0.1) is 5.02 Å². The van der Waals surface area contributed by atoms with Crippen LogP contribution in [0.5, 0.6) is 11.5 Å². The minimum Gasteiger partial charge on any atom is -0.480 e. The van der Waals surface area contributed by atoms with Crippen molar-refractivity contribution in [2.45, 2.75) is 31.8 Å². The molecule has 0 spiro atoms. The number of halogens is 1. The molecule has 1 aromatic heterocycles. The molecule has 1 atom stereocenters. The van der Waals surface area contributed by atoms with Gasteiger partial charge in [0.2, 0.25) is 0 Å². The first kappa shape index (κ1) is 17.2. The Morgan fingerprint density at radius 3 is 2.52 bits per heavy atom. The number of carbonyl (C=O) groups is 2. The van der Waals surface area contributed by atoms with Crippen molar-refractivity contribution in [1.82, 2.24) is 9.88 Å². The van der Waals surface area contributed by atoms with Crippen molar-refractivity contribution in [1.29, 1.82) is 0 Å². The largest absolute Gasteiger partial charge is 0.480 e. The van der Waals surface area contributed by atoms with Crippen molar-refractivity contribution in [3.8, 4) is 11.5 Å². The quantitative estimate of drug-likeness (QED) is 0.851. The van der Waals surface area contributed by atoms with E-state index in [1.165, 1.54) is 17.9 Å². The summed E-state index contributed by atoms with van der Waals surface area (Å²) in [6.45, 7) is 1.51. The van der Waals surface area contributed by atoms with Crippen molar-refractivity contribution >= 4 is 23.5 Å². The zero-order chi connectivity index (χ0) is 18.0. The molecule has 1 aliphatic rings. The third kappa shape index (κ3) is 3.91. The van der Waals surface area contributed by atoms with Crippen molar-refractivity contribution in [2.24, 2.45) is 0 Å². The molecule has 0 radical (unpaired) electrons. The van der Waals surface area contributed by atoms with Gasteiger partial charge in [-0.15, -0.1) is 0 Å². The van der Waals surface area contributed by atoms with E-state index < -0.39 is 12.0 Å². The summed E-state index contributed by atoms with van der Waals surface area (Å²) in [6, 6.07) is 7.18. The summed E-state index contributed by atoms with van der Waals surface area (Å²) in [6.07, 6.45) is 4.84. The van der Waals surface area contributed by atoms with Crippen LogP contribution in [-0.2, 0) is 4.79 Å². The Bertz CT molecular complexity index is 793. The standard InChI is InChI=1S/C18H17ClN2O4/c1-11(18(23)24)21(13-3-4-13)17(22)12-2-5-16(15(19)10-12)25-14-6-8-20-9-7-14/h2,5-11,13H,3-4H2,1H3,(H,23,24). The molecule has 25 heavy (non-hydrogen) atoms. The Balaban J connectivity index is 1.81. The van der Waals surface area contributed by atoms with E-state index in [0.717, 1.165) is 12.8 Å². The molecule has 1 heterocycles. The molecule has 6 nitrogen and oxygen atoms in total. The molecular formula is C18H17ClN2O4. The fourth-order valence-electron chi connectivity index (χ4n) is 2.53. The van der Waals surface area contributed by atoms with Crippen molar-refractivity contribution in [3.63, 3.8) is 0 Å². The normalized spacial score (nSPS) is 14.6. The first-order valence-electron chi connectivity index (χ1n) is 7.90. The molecule has 1 amide bonds. The number of ether oxygens (including phenoxy) is 1. The van der Waals surface area contributed by atoms with Gasteiger partial charge in [-0.3, -0.25) is 9.78 Å². The Morgan fingerprint density at radius 2 is 1.96 bits per heavy atom. The molecule has 130 valence electrons. The van der Waals surface area contributed by atoms with Gasteiger partial charge < -0.3 is 14.7 Å². The fourth-order valence-corrected chi connectivity index (χ4v) is 2.75. The van der Waals surface area contributed by atoms with E-state index in [1.807, 2.05) is 0 Å². The van der Waals surface area contributed by atoms with Crippen LogP contribution in [-0.4, -0.2) is 39.0 Å². The summed E-state index contributed by atoms with van der Waals surface area (Å²) >= 11 is 6.24. The van der Waals surface area contributed by atoms with Gasteiger partial charge in [0.25, 0.3) is 5.91 Å². The van der Waals surface area contributed by atoms with Crippen molar-refractivity contribution < 1.29 is 19.4 Å². The second-order valence-corrected chi connectivity index (χ2v) is 6.30. The lowest BCUT2D eigenvalue weighted by molar-refractivity contribution is -0.141. The van der Waals surface area contributed by atoms with Crippen LogP contribution in [0.15, 0.2) is 42.7 Å². The topological polar surface area (TPSA) is 79.7 Å². The highest BCUT2D eigenvalue weighted by atomic mass is 35.5. The average Bonchev–Trinajstić information content (AvgIpc) is 3.42. The van der Waals surface area contributed by atoms with Crippen LogP contribution < -0.4 is 4.74 Å². The maximum absolute atomic E-state index is 12.7. The molecule has 3 rings (SSSR count). The molecule has 1 fully saturated rings. The van der Waals surface area contributed by atoms with Crippen LogP contribution in [0, 0.1) is 0 Å². The third-order valence-electron chi connectivity index (χ3n) is 4.01. The van der Waals surface area contributed by atoms with Crippen LogP contribution in [0.4, 0.5) is 0 Å². The summed E-state index contributed by atoms with van der Waals surface area (Å²) in [5.41, 5.74) is 0.340. The predicted octanol–water partition coefficient (Wildman–Crippen LogP) is 3.61. The molecule has 1 unspecified atom stereocenters. The zero-order valence-corrected chi connectivity index (χ0v) is 14.3. The molecule has 1 aliphatic carbocycles. The minimum absolute atomic E-state index is 0.0230. The monoisotopic (exact) mass is 360 g/mol. The fraction of sp³-hybridized carbons (Fsp3) is 0.278. The van der Waals surface area contributed by atoms with Crippen LogP contribution in [0.3, 0.4) is 0 Å². The van der Waals surface area contributed by atoms with Crippen LogP contribution in [0.1, 0.15) is 30.1 Å². The first-order chi connectivity index (χ1) is 12.0. The molecule has 0 saturated heterocycles. The second kappa shape index (κ2) is 7.11. The van der Waals surface area contributed by atoms with Gasteiger partial charge in [-0.05, 0) is 50.1 Å². The minimum atomic E-state index is -1.02. The molecule has 2 aromatic rings. The summed E-state index contributed by atoms with van der Waals surface area (Å²) in [7, 11) is 0. The summed E-state index contributed by atoms with van der Waals surface area (Å²) < 4.78 is 5.66. The lowest BCUT2D eigenvalue weighted by Gasteiger charge is -2.26. The average molecular weight is 361 g/mol. The number of amides is 1. The number of nitrogens with zero attached hydrogens (tertiary/aromatic N) is 2. The van der Waals surface area contributed by atoms with E-state index >= 15 is 0 Å². The Labute approximate surface area is 150 Å². The number of hydrogen-bond donors (Lipinski definition) is 1. The Kier molecular flexibility index (Phi) is 4.90. The Hall–Kier alpha value is -2.60. The van der Waals surface area contributed by atoms with Crippen LogP contribution in [0.2, 0.25) is 5.02 Å². The molecule has 1 aromatic carbocycles. The van der Waals surface area contributed by atoms with Gasteiger partial charge in [-0.2, -0.15) is 0 Å². The number of aromatic nitrogens is 1. The third-order valence-corrected chi connectivity index (χ3v) is 4.30. The highest BCUT2D eigenvalue weighted by Gasteiger charge is 2.38. The SMILES string of the molecule is CC(C(=O)O)N(C(=O)c1ccc(Oc2ccncc2)c(Cl)c1)C1CC1. The van der Waals surface area contributed by atoms with Gasteiger partial charge in [-0.1, -0.05) is 11.6 Å². The van der Waals surface area contributed by atoms with Gasteiger partial charge in [-0.25, -0.2) is 4.79 Å². The molecular weight excluding hydrogens is 344 g/mol. The van der Waals surface area contributed by atoms with Gasteiger partial charge >= 0.3 is 5.97 Å². The van der Waals surface area contributed by atoms with Gasteiger partial charge in [0, 0.05) is 24.0 Å².